The van der Waals surface area contributed by atoms with E-state index in [1.807, 2.05) is 6.07 Å². The summed E-state index contributed by atoms with van der Waals surface area (Å²) in [6.45, 7) is 5.72. The third kappa shape index (κ3) is 2.52. The minimum absolute atomic E-state index is 0.119. The van der Waals surface area contributed by atoms with Gasteiger partial charge in [-0.05, 0) is 35.1 Å². The molecular weight excluding hydrogens is 210 g/mol. The van der Waals surface area contributed by atoms with E-state index in [-0.39, 0.29) is 6.61 Å². The van der Waals surface area contributed by atoms with Crippen LogP contribution < -0.4 is 0 Å². The van der Waals surface area contributed by atoms with Crippen molar-refractivity contribution in [1.29, 1.82) is 0 Å². The van der Waals surface area contributed by atoms with Crippen LogP contribution in [0.3, 0.4) is 0 Å². The Morgan fingerprint density at radius 2 is 1.94 bits per heavy atom. The summed E-state index contributed by atoms with van der Waals surface area (Å²) in [6, 6.07) is 8.32. The molecule has 0 saturated heterocycles. The van der Waals surface area contributed by atoms with Gasteiger partial charge in [0.15, 0.2) is 0 Å². The summed E-state index contributed by atoms with van der Waals surface area (Å²) in [4.78, 5) is 0. The van der Waals surface area contributed by atoms with Crippen molar-refractivity contribution < 1.29 is 5.11 Å². The lowest BCUT2D eigenvalue weighted by atomic mass is 10.0. The molecule has 0 bridgehead atoms. The molecule has 1 aromatic heterocycles. The second-order valence-corrected chi connectivity index (χ2v) is 4.70. The molecule has 0 unspecified atom stereocenters. The van der Waals surface area contributed by atoms with Gasteiger partial charge < -0.3 is 9.67 Å². The first-order valence-electron chi connectivity index (χ1n) is 6.47. The van der Waals surface area contributed by atoms with Crippen LogP contribution in [0.25, 0.3) is 10.9 Å². The van der Waals surface area contributed by atoms with Crippen molar-refractivity contribution in [2.75, 3.05) is 0 Å². The van der Waals surface area contributed by atoms with Crippen LogP contribution >= 0.6 is 0 Å². The van der Waals surface area contributed by atoms with Gasteiger partial charge in [0.25, 0.3) is 0 Å². The first-order chi connectivity index (χ1) is 8.28. The number of benzene rings is 1. The minimum Gasteiger partial charge on any atom is -0.392 e. The highest BCUT2D eigenvalue weighted by atomic mass is 16.3. The van der Waals surface area contributed by atoms with Gasteiger partial charge in [-0.25, -0.2) is 0 Å². The largest absolute Gasteiger partial charge is 0.392 e. The Morgan fingerprint density at radius 1 is 1.18 bits per heavy atom. The van der Waals surface area contributed by atoms with Crippen molar-refractivity contribution in [2.45, 2.75) is 39.8 Å². The summed E-state index contributed by atoms with van der Waals surface area (Å²) in [5, 5.41) is 10.3. The molecule has 2 nitrogen and oxygen atoms in total. The maximum atomic E-state index is 9.12. The first kappa shape index (κ1) is 12.2. The van der Waals surface area contributed by atoms with Crippen LogP contribution in [0.5, 0.6) is 0 Å². The van der Waals surface area contributed by atoms with Gasteiger partial charge in [-0.2, -0.15) is 0 Å². The molecule has 1 N–H and O–H groups in total. The smallest absolute Gasteiger partial charge is 0.0682 e. The lowest BCUT2D eigenvalue weighted by Crippen LogP contribution is -2.07. The molecule has 1 aromatic carbocycles. The Labute approximate surface area is 103 Å². The molecular formula is C15H21NO. The number of rotatable bonds is 5. The van der Waals surface area contributed by atoms with Gasteiger partial charge in [0.1, 0.15) is 0 Å². The van der Waals surface area contributed by atoms with Gasteiger partial charge in [-0.15, -0.1) is 0 Å². The highest BCUT2D eigenvalue weighted by Crippen LogP contribution is 2.20. The van der Waals surface area contributed by atoms with E-state index < -0.39 is 0 Å². The monoisotopic (exact) mass is 231 g/mol. The Morgan fingerprint density at radius 3 is 2.59 bits per heavy atom. The van der Waals surface area contributed by atoms with Crippen molar-refractivity contribution in [2.24, 2.45) is 5.92 Å². The van der Waals surface area contributed by atoms with Crippen LogP contribution in [0.4, 0.5) is 0 Å². The molecule has 0 fully saturated rings. The Bertz CT molecular complexity index is 483. The molecule has 1 heterocycles. The topological polar surface area (TPSA) is 25.2 Å². The molecule has 0 aliphatic heterocycles. The Hall–Kier alpha value is -1.28. The molecule has 0 amide bonds. The zero-order valence-electron chi connectivity index (χ0n) is 10.7. The van der Waals surface area contributed by atoms with E-state index in [2.05, 4.69) is 42.8 Å². The number of hydrogen-bond donors (Lipinski definition) is 1. The highest BCUT2D eigenvalue weighted by Gasteiger charge is 2.07. The summed E-state index contributed by atoms with van der Waals surface area (Å²) in [5.41, 5.74) is 2.26. The number of aromatic nitrogens is 1. The molecule has 92 valence electrons. The number of nitrogens with zero attached hydrogens (tertiary/aromatic N) is 1. The number of aliphatic hydroxyl groups is 1. The third-order valence-electron chi connectivity index (χ3n) is 3.63. The fourth-order valence-electron chi connectivity index (χ4n) is 2.33. The maximum absolute atomic E-state index is 9.12. The van der Waals surface area contributed by atoms with Crippen molar-refractivity contribution in [3.8, 4) is 0 Å². The predicted molar refractivity (Wildman–Crippen MR) is 71.9 cm³/mol. The van der Waals surface area contributed by atoms with Gasteiger partial charge in [0.2, 0.25) is 0 Å². The average molecular weight is 231 g/mol. The second kappa shape index (κ2) is 5.37. The van der Waals surface area contributed by atoms with E-state index in [0.717, 1.165) is 18.0 Å². The Balaban J connectivity index is 2.30. The lowest BCUT2D eigenvalue weighted by Gasteiger charge is -2.14. The standard InChI is InChI=1S/C15H21NO/c1-3-12(4-2)10-16-8-7-14-9-13(11-17)5-6-15(14)16/h5-9,12,17H,3-4,10-11H2,1-2H3. The third-order valence-corrected chi connectivity index (χ3v) is 3.63. The molecule has 0 atom stereocenters. The molecule has 0 radical (unpaired) electrons. The molecule has 0 saturated carbocycles. The molecule has 2 rings (SSSR count). The van der Waals surface area contributed by atoms with Gasteiger partial charge in [-0.1, -0.05) is 32.8 Å². The zero-order chi connectivity index (χ0) is 12.3. The zero-order valence-corrected chi connectivity index (χ0v) is 10.7. The van der Waals surface area contributed by atoms with Crippen LogP contribution in [0, 0.1) is 5.92 Å². The maximum Gasteiger partial charge on any atom is 0.0682 e. The minimum atomic E-state index is 0.119. The molecule has 0 aliphatic carbocycles. The highest BCUT2D eigenvalue weighted by molar-refractivity contribution is 5.80. The van der Waals surface area contributed by atoms with Crippen LogP contribution in [-0.4, -0.2) is 9.67 Å². The van der Waals surface area contributed by atoms with E-state index in [4.69, 9.17) is 5.11 Å². The van der Waals surface area contributed by atoms with E-state index in [1.54, 1.807) is 0 Å². The molecule has 2 heteroatoms. The summed E-state index contributed by atoms with van der Waals surface area (Å²) >= 11 is 0. The van der Waals surface area contributed by atoms with Gasteiger partial charge in [0.05, 0.1) is 6.61 Å². The number of fused-ring (bicyclic) bond motifs is 1. The molecule has 0 spiro atoms. The van der Waals surface area contributed by atoms with E-state index >= 15 is 0 Å². The van der Waals surface area contributed by atoms with Gasteiger partial charge in [0, 0.05) is 18.3 Å². The summed E-state index contributed by atoms with van der Waals surface area (Å²) < 4.78 is 2.33. The normalized spacial score (nSPS) is 11.5. The van der Waals surface area contributed by atoms with Crippen molar-refractivity contribution in [3.63, 3.8) is 0 Å². The van der Waals surface area contributed by atoms with Crippen molar-refractivity contribution in [3.05, 3.63) is 36.0 Å². The van der Waals surface area contributed by atoms with Crippen LogP contribution in [-0.2, 0) is 13.2 Å². The quantitative estimate of drug-likeness (QED) is 0.836. The fourth-order valence-corrected chi connectivity index (χ4v) is 2.33. The van der Waals surface area contributed by atoms with E-state index in [9.17, 15) is 0 Å². The fraction of sp³-hybridized carbons (Fsp3) is 0.467. The van der Waals surface area contributed by atoms with Crippen LogP contribution in [0.2, 0.25) is 0 Å². The molecule has 17 heavy (non-hydrogen) atoms. The SMILES string of the molecule is CCC(CC)Cn1ccc2cc(CO)ccc21. The van der Waals surface area contributed by atoms with Crippen molar-refractivity contribution in [1.82, 2.24) is 4.57 Å². The second-order valence-electron chi connectivity index (χ2n) is 4.70. The summed E-state index contributed by atoms with van der Waals surface area (Å²) in [7, 11) is 0. The van der Waals surface area contributed by atoms with E-state index in [0.29, 0.717) is 0 Å². The van der Waals surface area contributed by atoms with Crippen LogP contribution in [0.1, 0.15) is 32.3 Å². The summed E-state index contributed by atoms with van der Waals surface area (Å²) in [6.07, 6.45) is 4.61. The predicted octanol–water partition coefficient (Wildman–Crippen LogP) is 3.57. The van der Waals surface area contributed by atoms with Gasteiger partial charge in [-0.3, -0.25) is 0 Å². The lowest BCUT2D eigenvalue weighted by molar-refractivity contribution is 0.282. The van der Waals surface area contributed by atoms with Gasteiger partial charge >= 0.3 is 0 Å². The van der Waals surface area contributed by atoms with E-state index in [1.165, 1.54) is 23.7 Å². The number of hydrogen-bond acceptors (Lipinski definition) is 1. The van der Waals surface area contributed by atoms with Crippen LogP contribution in [0.15, 0.2) is 30.5 Å². The average Bonchev–Trinajstić information content (AvgIpc) is 2.78. The first-order valence-corrected chi connectivity index (χ1v) is 6.47. The summed E-state index contributed by atoms with van der Waals surface area (Å²) in [5.74, 6) is 0.753. The van der Waals surface area contributed by atoms with Crippen molar-refractivity contribution >= 4 is 10.9 Å². The molecule has 0 aliphatic rings. The number of aliphatic hydroxyl groups excluding tert-OH is 1. The Kier molecular flexibility index (Phi) is 3.85. The molecule has 2 aromatic rings.